The van der Waals surface area contributed by atoms with E-state index < -0.39 is 6.17 Å². The van der Waals surface area contributed by atoms with Crippen molar-refractivity contribution in [3.8, 4) is 11.8 Å². The van der Waals surface area contributed by atoms with Crippen molar-refractivity contribution in [2.24, 2.45) is 5.41 Å². The molecule has 1 amide bonds. The van der Waals surface area contributed by atoms with Crippen molar-refractivity contribution >= 4 is 11.9 Å². The molecular formula is C25H30FNO4. The van der Waals surface area contributed by atoms with Crippen molar-refractivity contribution in [1.82, 2.24) is 5.32 Å². The van der Waals surface area contributed by atoms with Gasteiger partial charge < -0.3 is 14.8 Å². The van der Waals surface area contributed by atoms with Crippen LogP contribution in [0.5, 0.6) is 0 Å². The molecule has 1 heterocycles. The average molecular weight is 428 g/mol. The summed E-state index contributed by atoms with van der Waals surface area (Å²) in [6.45, 7) is 1.74. The van der Waals surface area contributed by atoms with Crippen LogP contribution in [-0.4, -0.2) is 44.9 Å². The zero-order valence-corrected chi connectivity index (χ0v) is 18.0. The van der Waals surface area contributed by atoms with Crippen LogP contribution < -0.4 is 5.32 Å². The lowest BCUT2D eigenvalue weighted by atomic mass is 9.76. The van der Waals surface area contributed by atoms with E-state index in [2.05, 4.69) is 17.2 Å². The molecule has 0 saturated carbocycles. The van der Waals surface area contributed by atoms with Gasteiger partial charge in [0.1, 0.15) is 6.17 Å². The van der Waals surface area contributed by atoms with Crippen LogP contribution >= 0.6 is 0 Å². The van der Waals surface area contributed by atoms with E-state index in [1.807, 2.05) is 6.08 Å². The molecule has 6 heteroatoms. The van der Waals surface area contributed by atoms with Gasteiger partial charge in [-0.3, -0.25) is 9.59 Å². The summed E-state index contributed by atoms with van der Waals surface area (Å²) in [5.41, 5.74) is 1.68. The van der Waals surface area contributed by atoms with E-state index in [9.17, 15) is 14.0 Å². The molecule has 5 nitrogen and oxygen atoms in total. The van der Waals surface area contributed by atoms with Gasteiger partial charge in [-0.25, -0.2) is 4.39 Å². The summed E-state index contributed by atoms with van der Waals surface area (Å²) < 4.78 is 24.1. The summed E-state index contributed by atoms with van der Waals surface area (Å²) >= 11 is 0. The summed E-state index contributed by atoms with van der Waals surface area (Å²) in [5, 5.41) is 3.02. The topological polar surface area (TPSA) is 64.6 Å². The Morgan fingerprint density at radius 3 is 2.65 bits per heavy atom. The smallest absolute Gasteiger partial charge is 0.305 e. The lowest BCUT2D eigenvalue weighted by Gasteiger charge is -2.37. The lowest BCUT2D eigenvalue weighted by Crippen LogP contribution is -2.41. The van der Waals surface area contributed by atoms with Crippen molar-refractivity contribution in [2.45, 2.75) is 51.1 Å². The predicted molar refractivity (Wildman–Crippen MR) is 116 cm³/mol. The maximum Gasteiger partial charge on any atom is 0.305 e. The van der Waals surface area contributed by atoms with Gasteiger partial charge in [-0.15, -0.1) is 0 Å². The van der Waals surface area contributed by atoms with Crippen molar-refractivity contribution in [2.75, 3.05) is 26.9 Å². The highest BCUT2D eigenvalue weighted by Crippen LogP contribution is 2.35. The van der Waals surface area contributed by atoms with Crippen LogP contribution in [0.3, 0.4) is 0 Å². The molecule has 0 bridgehead atoms. The Balaban J connectivity index is 1.58. The van der Waals surface area contributed by atoms with Gasteiger partial charge in [0.15, 0.2) is 0 Å². The zero-order valence-electron chi connectivity index (χ0n) is 18.0. The second-order valence-electron chi connectivity index (χ2n) is 8.26. The molecule has 0 aromatic heterocycles. The minimum absolute atomic E-state index is 0.163. The fourth-order valence-electron chi connectivity index (χ4n) is 3.98. The van der Waals surface area contributed by atoms with Gasteiger partial charge in [0, 0.05) is 42.9 Å². The number of carbonyl (C=O) groups is 2. The van der Waals surface area contributed by atoms with Crippen LogP contribution in [0.15, 0.2) is 35.9 Å². The largest absolute Gasteiger partial charge is 0.469 e. The molecule has 2 aliphatic rings. The van der Waals surface area contributed by atoms with E-state index in [0.29, 0.717) is 50.2 Å². The van der Waals surface area contributed by atoms with Crippen LogP contribution in [0.25, 0.3) is 0 Å². The van der Waals surface area contributed by atoms with Crippen molar-refractivity contribution in [3.05, 3.63) is 47.0 Å². The van der Waals surface area contributed by atoms with Crippen LogP contribution in [0.2, 0.25) is 0 Å². The van der Waals surface area contributed by atoms with E-state index >= 15 is 0 Å². The third kappa shape index (κ3) is 6.67. The summed E-state index contributed by atoms with van der Waals surface area (Å²) in [4.78, 5) is 24.2. The first-order chi connectivity index (χ1) is 15.0. The maximum atomic E-state index is 13.9. The highest BCUT2D eigenvalue weighted by atomic mass is 19.1. The highest BCUT2D eigenvalue weighted by molar-refractivity contribution is 5.94. The molecular weight excluding hydrogens is 397 g/mol. The molecule has 1 fully saturated rings. The molecule has 1 aromatic carbocycles. The van der Waals surface area contributed by atoms with Gasteiger partial charge in [-0.2, -0.15) is 0 Å². The number of benzene rings is 1. The van der Waals surface area contributed by atoms with E-state index in [4.69, 9.17) is 9.47 Å². The van der Waals surface area contributed by atoms with Crippen LogP contribution in [0.4, 0.5) is 4.39 Å². The zero-order chi connectivity index (χ0) is 22.1. The molecule has 1 aliphatic heterocycles. The number of halogens is 1. The minimum atomic E-state index is -0.969. The van der Waals surface area contributed by atoms with E-state index in [-0.39, 0.29) is 17.3 Å². The SMILES string of the molecule is COC(=O)CCC1(CNC(=O)c2ccc(C#CC3=CCCCC3F)cc2)CCOCC1. The summed E-state index contributed by atoms with van der Waals surface area (Å²) in [6.07, 6.45) is 5.75. The van der Waals surface area contributed by atoms with Gasteiger partial charge in [-0.05, 0) is 68.2 Å². The third-order valence-electron chi connectivity index (χ3n) is 6.13. The van der Waals surface area contributed by atoms with Crippen molar-refractivity contribution in [1.29, 1.82) is 0 Å². The quantitative estimate of drug-likeness (QED) is 0.551. The highest BCUT2D eigenvalue weighted by Gasteiger charge is 2.33. The maximum absolute atomic E-state index is 13.9. The molecule has 1 atom stereocenters. The Morgan fingerprint density at radius 2 is 1.97 bits per heavy atom. The van der Waals surface area contributed by atoms with E-state index in [1.165, 1.54) is 7.11 Å². The monoisotopic (exact) mass is 427 g/mol. The van der Waals surface area contributed by atoms with Crippen molar-refractivity contribution < 1.29 is 23.5 Å². The van der Waals surface area contributed by atoms with Gasteiger partial charge in [0.05, 0.1) is 7.11 Å². The van der Waals surface area contributed by atoms with Gasteiger partial charge in [0.25, 0.3) is 5.91 Å². The fourth-order valence-corrected chi connectivity index (χ4v) is 3.98. The molecule has 1 aromatic rings. The Kier molecular flexibility index (Phi) is 8.25. The number of amides is 1. The molecule has 1 unspecified atom stereocenters. The van der Waals surface area contributed by atoms with Gasteiger partial charge in [0.2, 0.25) is 0 Å². The minimum Gasteiger partial charge on any atom is -0.469 e. The number of hydrogen-bond donors (Lipinski definition) is 1. The van der Waals surface area contributed by atoms with Crippen LogP contribution in [0, 0.1) is 17.3 Å². The normalized spacial score (nSPS) is 20.1. The second-order valence-corrected chi connectivity index (χ2v) is 8.26. The summed E-state index contributed by atoms with van der Waals surface area (Å²) in [6, 6.07) is 7.01. The number of allylic oxidation sites excluding steroid dienone is 2. The van der Waals surface area contributed by atoms with E-state index in [1.54, 1.807) is 24.3 Å². The van der Waals surface area contributed by atoms with Crippen molar-refractivity contribution in [3.63, 3.8) is 0 Å². The number of ether oxygens (including phenoxy) is 2. The molecule has 1 N–H and O–H groups in total. The molecule has 1 saturated heterocycles. The average Bonchev–Trinajstić information content (AvgIpc) is 2.81. The molecule has 1 aliphatic carbocycles. The molecule has 31 heavy (non-hydrogen) atoms. The summed E-state index contributed by atoms with van der Waals surface area (Å²) in [5.74, 6) is 5.51. The van der Waals surface area contributed by atoms with E-state index in [0.717, 1.165) is 31.2 Å². The number of carbonyl (C=O) groups excluding carboxylic acids is 2. The van der Waals surface area contributed by atoms with Crippen LogP contribution in [-0.2, 0) is 14.3 Å². The first-order valence-electron chi connectivity index (χ1n) is 10.9. The number of hydrogen-bond acceptors (Lipinski definition) is 4. The summed E-state index contributed by atoms with van der Waals surface area (Å²) in [7, 11) is 1.39. The lowest BCUT2D eigenvalue weighted by molar-refractivity contribution is -0.141. The number of esters is 1. The predicted octanol–water partition coefficient (Wildman–Crippen LogP) is 3.97. The van der Waals surface area contributed by atoms with Crippen LogP contribution in [0.1, 0.15) is 60.9 Å². The molecule has 0 radical (unpaired) electrons. The van der Waals surface area contributed by atoms with Gasteiger partial charge in [-0.1, -0.05) is 17.9 Å². The number of alkyl halides is 1. The first kappa shape index (κ1) is 23.0. The molecule has 166 valence electrons. The van der Waals surface area contributed by atoms with Gasteiger partial charge >= 0.3 is 5.97 Å². The molecule has 3 rings (SSSR count). The number of nitrogens with one attached hydrogen (secondary N) is 1. The third-order valence-corrected chi connectivity index (χ3v) is 6.13. The number of methoxy groups -OCH3 is 1. The second kappa shape index (κ2) is 11.1. The molecule has 0 spiro atoms. The number of rotatable bonds is 6. The first-order valence-corrected chi connectivity index (χ1v) is 10.9. The standard InChI is InChI=1S/C25H30FNO4/c1-30-23(28)12-13-25(14-16-31-17-15-25)18-27-24(29)21-10-7-19(8-11-21)6-9-20-4-2-3-5-22(20)26/h4,7-8,10-11,22H,2-3,5,12-18H2,1H3,(H,27,29). The Labute approximate surface area is 183 Å². The Hall–Kier alpha value is -2.65. The Bertz CT molecular complexity index is 860. The Morgan fingerprint density at radius 1 is 1.23 bits per heavy atom. The fraction of sp³-hybridized carbons (Fsp3) is 0.520.